The molecule has 1 aliphatic rings. The van der Waals surface area contributed by atoms with Crippen LogP contribution in [0.4, 0.5) is 4.79 Å². The topological polar surface area (TPSA) is 87.5 Å². The minimum Gasteiger partial charge on any atom is -0.352 e. The molecule has 0 radical (unpaired) electrons. The van der Waals surface area contributed by atoms with Gasteiger partial charge in [0.2, 0.25) is 5.91 Å². The van der Waals surface area contributed by atoms with E-state index in [4.69, 9.17) is 5.73 Å². The van der Waals surface area contributed by atoms with E-state index in [2.05, 4.69) is 33.7 Å². The van der Waals surface area contributed by atoms with Crippen LogP contribution < -0.4 is 16.4 Å². The van der Waals surface area contributed by atoms with Gasteiger partial charge < -0.3 is 16.4 Å². The summed E-state index contributed by atoms with van der Waals surface area (Å²) in [6.07, 6.45) is 5.86. The predicted molar refractivity (Wildman–Crippen MR) is 98.9 cm³/mol. The number of amides is 3. The van der Waals surface area contributed by atoms with Gasteiger partial charge in [-0.2, -0.15) is 0 Å². The number of piperidine rings is 1. The molecule has 0 unspecified atom stereocenters. The number of benzene rings is 1. The minimum atomic E-state index is -0.519. The molecule has 1 saturated heterocycles. The van der Waals surface area contributed by atoms with Gasteiger partial charge in [0, 0.05) is 26.1 Å². The van der Waals surface area contributed by atoms with Crippen LogP contribution in [0.2, 0.25) is 0 Å². The Hall–Kier alpha value is -2.08. The van der Waals surface area contributed by atoms with Crippen LogP contribution in [0.15, 0.2) is 24.3 Å². The summed E-state index contributed by atoms with van der Waals surface area (Å²) in [5, 5.41) is 5.53. The van der Waals surface area contributed by atoms with Crippen LogP contribution in [0, 0.1) is 0 Å². The summed E-state index contributed by atoms with van der Waals surface area (Å²) in [6, 6.07) is 7.82. The molecule has 1 aromatic carbocycles. The molecule has 0 saturated carbocycles. The van der Waals surface area contributed by atoms with Crippen molar-refractivity contribution in [3.8, 4) is 0 Å². The van der Waals surface area contributed by atoms with E-state index in [1.165, 1.54) is 43.5 Å². The van der Waals surface area contributed by atoms with Gasteiger partial charge in [-0.05, 0) is 49.9 Å². The molecule has 6 nitrogen and oxygen atoms in total. The van der Waals surface area contributed by atoms with Crippen LogP contribution in [-0.2, 0) is 17.9 Å². The van der Waals surface area contributed by atoms with Crippen LogP contribution in [0.25, 0.3) is 0 Å². The Morgan fingerprint density at radius 3 is 2.44 bits per heavy atom. The number of hydrogen-bond donors (Lipinski definition) is 3. The Labute approximate surface area is 150 Å². The standard InChI is InChI=1S/C19H30N4O2/c20-19(25)21-11-5-4-10-18(24)22-14-16-8-2-3-9-17(16)15-23-12-6-1-7-13-23/h2-3,8-9H,1,4-7,10-15H2,(H,22,24)(H3,20,21,25). The van der Waals surface area contributed by atoms with Gasteiger partial charge in [-0.3, -0.25) is 9.69 Å². The minimum absolute atomic E-state index is 0.0480. The van der Waals surface area contributed by atoms with Crippen molar-refractivity contribution < 1.29 is 9.59 Å². The first kappa shape index (κ1) is 19.2. The number of carbonyl (C=O) groups excluding carboxylic acids is 2. The second-order valence-electron chi connectivity index (χ2n) is 6.63. The zero-order valence-electron chi connectivity index (χ0n) is 14.9. The number of urea groups is 1. The van der Waals surface area contributed by atoms with Crippen molar-refractivity contribution in [2.75, 3.05) is 19.6 Å². The largest absolute Gasteiger partial charge is 0.352 e. The number of nitrogens with two attached hydrogens (primary N) is 1. The smallest absolute Gasteiger partial charge is 0.312 e. The van der Waals surface area contributed by atoms with Crippen molar-refractivity contribution in [1.82, 2.24) is 15.5 Å². The van der Waals surface area contributed by atoms with Gasteiger partial charge in [0.05, 0.1) is 0 Å². The molecule has 0 spiro atoms. The molecule has 2 rings (SSSR count). The third-order valence-corrected chi connectivity index (χ3v) is 4.57. The summed E-state index contributed by atoms with van der Waals surface area (Å²) < 4.78 is 0. The van der Waals surface area contributed by atoms with E-state index in [9.17, 15) is 9.59 Å². The van der Waals surface area contributed by atoms with Crippen molar-refractivity contribution in [3.05, 3.63) is 35.4 Å². The summed E-state index contributed by atoms with van der Waals surface area (Å²) in [4.78, 5) is 25.0. The third-order valence-electron chi connectivity index (χ3n) is 4.57. The first-order valence-corrected chi connectivity index (χ1v) is 9.24. The molecule has 4 N–H and O–H groups in total. The Balaban J connectivity index is 1.72. The normalized spacial score (nSPS) is 14.9. The van der Waals surface area contributed by atoms with Gasteiger partial charge in [0.15, 0.2) is 0 Å². The number of nitrogens with one attached hydrogen (secondary N) is 2. The first-order chi connectivity index (χ1) is 12.1. The molecule has 0 aliphatic carbocycles. The molecule has 6 heteroatoms. The van der Waals surface area contributed by atoms with Crippen molar-refractivity contribution in [3.63, 3.8) is 0 Å². The van der Waals surface area contributed by atoms with E-state index in [0.29, 0.717) is 19.5 Å². The Morgan fingerprint density at radius 2 is 1.72 bits per heavy atom. The number of likely N-dealkylation sites (tertiary alicyclic amines) is 1. The zero-order valence-corrected chi connectivity index (χ0v) is 14.9. The maximum Gasteiger partial charge on any atom is 0.312 e. The van der Waals surface area contributed by atoms with Crippen molar-refractivity contribution in [1.29, 1.82) is 0 Å². The average molecular weight is 346 g/mol. The van der Waals surface area contributed by atoms with Crippen LogP contribution in [0.3, 0.4) is 0 Å². The molecule has 0 aromatic heterocycles. The molecule has 1 heterocycles. The second kappa shape index (κ2) is 10.7. The van der Waals surface area contributed by atoms with E-state index in [1.807, 2.05) is 6.07 Å². The fraction of sp³-hybridized carbons (Fsp3) is 0.579. The monoisotopic (exact) mass is 346 g/mol. The highest BCUT2D eigenvalue weighted by molar-refractivity contribution is 5.75. The molecule has 0 atom stereocenters. The number of carbonyl (C=O) groups is 2. The molecule has 25 heavy (non-hydrogen) atoms. The van der Waals surface area contributed by atoms with E-state index >= 15 is 0 Å². The van der Waals surface area contributed by atoms with Gasteiger partial charge in [0.1, 0.15) is 0 Å². The molecular formula is C19H30N4O2. The third kappa shape index (κ3) is 7.56. The lowest BCUT2D eigenvalue weighted by atomic mass is 10.0. The average Bonchev–Trinajstić information content (AvgIpc) is 2.61. The first-order valence-electron chi connectivity index (χ1n) is 9.24. The van der Waals surface area contributed by atoms with E-state index in [1.54, 1.807) is 0 Å². The predicted octanol–water partition coefficient (Wildman–Crippen LogP) is 2.13. The summed E-state index contributed by atoms with van der Waals surface area (Å²) in [5.74, 6) is 0.0480. The van der Waals surface area contributed by atoms with E-state index in [0.717, 1.165) is 19.4 Å². The maximum atomic E-state index is 12.0. The van der Waals surface area contributed by atoms with Crippen LogP contribution >= 0.6 is 0 Å². The summed E-state index contributed by atoms with van der Waals surface area (Å²) in [7, 11) is 0. The lowest BCUT2D eigenvalue weighted by molar-refractivity contribution is -0.121. The summed E-state index contributed by atoms with van der Waals surface area (Å²) >= 11 is 0. The van der Waals surface area contributed by atoms with Gasteiger partial charge in [-0.1, -0.05) is 30.7 Å². The van der Waals surface area contributed by atoms with Crippen LogP contribution in [0.5, 0.6) is 0 Å². The summed E-state index contributed by atoms with van der Waals surface area (Å²) in [6.45, 7) is 4.38. The lowest BCUT2D eigenvalue weighted by Crippen LogP contribution is -2.30. The Morgan fingerprint density at radius 1 is 1.00 bits per heavy atom. The van der Waals surface area contributed by atoms with Gasteiger partial charge in [-0.15, -0.1) is 0 Å². The lowest BCUT2D eigenvalue weighted by Gasteiger charge is -2.27. The second-order valence-corrected chi connectivity index (χ2v) is 6.63. The SMILES string of the molecule is NC(=O)NCCCCC(=O)NCc1ccccc1CN1CCCCC1. The number of rotatable bonds is 9. The number of hydrogen-bond acceptors (Lipinski definition) is 3. The number of primary amides is 1. The van der Waals surface area contributed by atoms with Gasteiger partial charge in [0.25, 0.3) is 0 Å². The van der Waals surface area contributed by atoms with E-state index in [-0.39, 0.29) is 5.91 Å². The fourth-order valence-electron chi connectivity index (χ4n) is 3.15. The molecule has 3 amide bonds. The molecular weight excluding hydrogens is 316 g/mol. The van der Waals surface area contributed by atoms with Gasteiger partial charge >= 0.3 is 6.03 Å². The Bertz CT molecular complexity index is 556. The summed E-state index contributed by atoms with van der Waals surface area (Å²) in [5.41, 5.74) is 7.49. The molecule has 138 valence electrons. The zero-order chi connectivity index (χ0) is 17.9. The Kier molecular flexibility index (Phi) is 8.25. The maximum absolute atomic E-state index is 12.0. The number of nitrogens with zero attached hydrogens (tertiary/aromatic N) is 1. The highest BCUT2D eigenvalue weighted by Gasteiger charge is 2.12. The highest BCUT2D eigenvalue weighted by atomic mass is 16.2. The molecule has 1 aliphatic heterocycles. The number of unbranched alkanes of at least 4 members (excludes halogenated alkanes) is 1. The van der Waals surface area contributed by atoms with Crippen molar-refractivity contribution >= 4 is 11.9 Å². The molecule has 1 fully saturated rings. The highest BCUT2D eigenvalue weighted by Crippen LogP contribution is 2.16. The van der Waals surface area contributed by atoms with Crippen LogP contribution in [0.1, 0.15) is 49.7 Å². The van der Waals surface area contributed by atoms with Gasteiger partial charge in [-0.25, -0.2) is 4.79 Å². The van der Waals surface area contributed by atoms with E-state index < -0.39 is 6.03 Å². The van der Waals surface area contributed by atoms with Crippen LogP contribution in [-0.4, -0.2) is 36.5 Å². The quantitative estimate of drug-likeness (QED) is 0.599. The molecule has 0 bridgehead atoms. The molecule has 1 aromatic rings. The fourth-order valence-corrected chi connectivity index (χ4v) is 3.15. The van der Waals surface area contributed by atoms with Crippen molar-refractivity contribution in [2.24, 2.45) is 5.73 Å². The van der Waals surface area contributed by atoms with Crippen molar-refractivity contribution in [2.45, 2.75) is 51.6 Å².